The van der Waals surface area contributed by atoms with Gasteiger partial charge in [0.2, 0.25) is 11.8 Å². The normalized spacial score (nSPS) is 14.7. The van der Waals surface area contributed by atoms with Gasteiger partial charge in [-0.15, -0.1) is 0 Å². The number of aromatic nitrogens is 1. The van der Waals surface area contributed by atoms with Gasteiger partial charge in [-0.2, -0.15) is 0 Å². The number of nitrogens with zero attached hydrogens (tertiary/aromatic N) is 1. The molecular weight excluding hydrogens is 359 g/mol. The maximum absolute atomic E-state index is 13.0. The number of hydrogen-bond acceptors (Lipinski definition) is 5. The van der Waals surface area contributed by atoms with Crippen molar-refractivity contribution in [3.63, 3.8) is 0 Å². The number of hydrogen-bond donors (Lipinski definition) is 2. The molecule has 0 saturated heterocycles. The molecule has 26 heavy (non-hydrogen) atoms. The predicted molar refractivity (Wildman–Crippen MR) is 96.7 cm³/mol. The van der Waals surface area contributed by atoms with Gasteiger partial charge >= 0.3 is 0 Å². The lowest BCUT2D eigenvalue weighted by Crippen LogP contribution is -2.41. The molecule has 2 unspecified atom stereocenters. The Morgan fingerprint density at radius 3 is 2.38 bits per heavy atom. The van der Waals surface area contributed by atoms with Crippen molar-refractivity contribution in [3.05, 3.63) is 41.8 Å². The number of halogens is 1. The number of amides is 1. The van der Waals surface area contributed by atoms with Crippen LogP contribution in [0.5, 0.6) is 0 Å². The lowest BCUT2D eigenvalue weighted by molar-refractivity contribution is -0.117. The van der Waals surface area contributed by atoms with Crippen molar-refractivity contribution in [1.82, 2.24) is 5.16 Å². The summed E-state index contributed by atoms with van der Waals surface area (Å²) in [5.74, 6) is -0.872. The highest BCUT2D eigenvalue weighted by molar-refractivity contribution is 7.87. The van der Waals surface area contributed by atoms with Gasteiger partial charge in [-0.1, -0.05) is 19.0 Å². The van der Waals surface area contributed by atoms with Crippen molar-refractivity contribution in [2.75, 3.05) is 5.32 Å². The second kappa shape index (κ2) is 7.28. The number of aliphatic hydroxyl groups is 1. The van der Waals surface area contributed by atoms with Crippen LogP contribution < -0.4 is 5.32 Å². The summed E-state index contributed by atoms with van der Waals surface area (Å²) >= 11 is 0. The molecule has 0 aliphatic rings. The Hall–Kier alpha value is -2.06. The van der Waals surface area contributed by atoms with Crippen LogP contribution in [0.3, 0.4) is 0 Å². The number of aliphatic hydroxyl groups excluding tert-OH is 1. The van der Waals surface area contributed by atoms with Gasteiger partial charge in [-0.05, 0) is 45.0 Å². The van der Waals surface area contributed by atoms with E-state index in [9.17, 15) is 18.5 Å². The first-order valence-electron chi connectivity index (χ1n) is 8.10. The van der Waals surface area contributed by atoms with E-state index in [4.69, 9.17) is 4.52 Å². The Kier molecular flexibility index (Phi) is 5.67. The van der Waals surface area contributed by atoms with Crippen molar-refractivity contribution in [3.8, 4) is 0 Å². The van der Waals surface area contributed by atoms with E-state index >= 15 is 0 Å². The van der Waals surface area contributed by atoms with Crippen LogP contribution in [0.15, 0.2) is 39.8 Å². The minimum Gasteiger partial charge on any atom is -0.392 e. The minimum absolute atomic E-state index is 0.0999. The zero-order valence-corrected chi connectivity index (χ0v) is 16.2. The third-order valence-corrected chi connectivity index (χ3v) is 6.30. The molecule has 0 saturated carbocycles. The highest BCUT2D eigenvalue weighted by Crippen LogP contribution is 2.29. The maximum atomic E-state index is 13.0. The number of benzene rings is 1. The fourth-order valence-electron chi connectivity index (χ4n) is 2.05. The van der Waals surface area contributed by atoms with Gasteiger partial charge in [-0.3, -0.25) is 14.3 Å². The molecule has 8 heteroatoms. The van der Waals surface area contributed by atoms with Gasteiger partial charge in [0.05, 0.1) is 22.6 Å². The molecule has 0 fully saturated rings. The number of carbonyl (C=O) groups is 1. The summed E-state index contributed by atoms with van der Waals surface area (Å²) < 4.78 is 29.6. The zero-order chi connectivity index (χ0) is 19.7. The van der Waals surface area contributed by atoms with Crippen LogP contribution in [-0.4, -0.2) is 31.2 Å². The molecule has 2 N–H and O–H groups in total. The first-order chi connectivity index (χ1) is 12.0. The van der Waals surface area contributed by atoms with Crippen LogP contribution in [0.4, 0.5) is 10.3 Å². The molecule has 0 spiro atoms. The molecular formula is C18H23FN2O4S. The van der Waals surface area contributed by atoms with E-state index < -0.39 is 38.8 Å². The molecule has 0 radical (unpaired) electrons. The van der Waals surface area contributed by atoms with E-state index in [1.807, 2.05) is 0 Å². The summed E-state index contributed by atoms with van der Waals surface area (Å²) in [6.07, 6.45) is -0.668. The Bertz CT molecular complexity index is 813. The van der Waals surface area contributed by atoms with Gasteiger partial charge < -0.3 is 9.63 Å². The monoisotopic (exact) mass is 382 g/mol. The minimum atomic E-state index is -1.70. The molecule has 0 aliphatic heterocycles. The second-order valence-corrected chi connectivity index (χ2v) is 9.19. The van der Waals surface area contributed by atoms with Gasteiger partial charge in [0.25, 0.3) is 0 Å². The lowest BCUT2D eigenvalue weighted by atomic mass is 9.84. The quantitative estimate of drug-likeness (QED) is 0.801. The predicted octanol–water partition coefficient (Wildman–Crippen LogP) is 3.00. The average Bonchev–Trinajstić information content (AvgIpc) is 3.04. The molecule has 142 valence electrons. The van der Waals surface area contributed by atoms with E-state index in [1.165, 1.54) is 44.2 Å². The number of anilines is 1. The van der Waals surface area contributed by atoms with E-state index in [0.717, 1.165) is 0 Å². The molecule has 6 nitrogen and oxygen atoms in total. The van der Waals surface area contributed by atoms with E-state index in [2.05, 4.69) is 10.5 Å². The molecule has 2 aromatic rings. The van der Waals surface area contributed by atoms with E-state index in [1.54, 1.807) is 20.8 Å². The fourth-order valence-corrected chi connectivity index (χ4v) is 3.24. The molecule has 1 aromatic carbocycles. The standard InChI is InChI=1S/C18H23FN2O4S/c1-11(22)17(2,3)14-10-15(25-21-14)20-16(23)18(4,5)26(24)13-8-6-12(19)7-9-13/h6-11,22H,1-5H3,(H,20,23). The molecule has 1 amide bonds. The summed E-state index contributed by atoms with van der Waals surface area (Å²) in [4.78, 5) is 12.9. The molecule has 0 bridgehead atoms. The molecule has 1 heterocycles. The van der Waals surface area contributed by atoms with Crippen LogP contribution >= 0.6 is 0 Å². The van der Waals surface area contributed by atoms with Crippen LogP contribution in [0.1, 0.15) is 40.3 Å². The van der Waals surface area contributed by atoms with Gasteiger partial charge in [0.15, 0.2) is 0 Å². The van der Waals surface area contributed by atoms with Crippen LogP contribution in [0, 0.1) is 5.82 Å². The zero-order valence-electron chi connectivity index (χ0n) is 15.4. The van der Waals surface area contributed by atoms with Crippen LogP contribution in [0.25, 0.3) is 0 Å². The van der Waals surface area contributed by atoms with Crippen molar-refractivity contribution in [1.29, 1.82) is 0 Å². The third kappa shape index (κ3) is 4.02. The number of nitrogens with one attached hydrogen (secondary N) is 1. The smallest absolute Gasteiger partial charge is 0.245 e. The average molecular weight is 382 g/mol. The molecule has 0 aliphatic carbocycles. The Morgan fingerprint density at radius 1 is 1.27 bits per heavy atom. The first-order valence-corrected chi connectivity index (χ1v) is 9.25. The van der Waals surface area contributed by atoms with Crippen molar-refractivity contribution >= 4 is 22.6 Å². The molecule has 2 atom stereocenters. The third-order valence-electron chi connectivity index (χ3n) is 4.49. The van der Waals surface area contributed by atoms with E-state index in [0.29, 0.717) is 10.6 Å². The number of rotatable bonds is 6. The summed E-state index contributed by atoms with van der Waals surface area (Å²) in [6.45, 7) is 8.29. The molecule has 1 aromatic heterocycles. The summed E-state index contributed by atoms with van der Waals surface area (Å²) in [6, 6.07) is 6.70. The van der Waals surface area contributed by atoms with Crippen molar-refractivity contribution in [2.24, 2.45) is 0 Å². The Balaban J connectivity index is 2.17. The van der Waals surface area contributed by atoms with Crippen LogP contribution in [-0.2, 0) is 21.0 Å². The lowest BCUT2D eigenvalue weighted by Gasteiger charge is -2.24. The SMILES string of the molecule is CC(O)C(C)(C)c1cc(NC(=O)C(C)(C)S(=O)c2ccc(F)cc2)on1. The highest BCUT2D eigenvalue weighted by Gasteiger charge is 2.37. The first kappa shape index (κ1) is 20.3. The maximum Gasteiger partial charge on any atom is 0.245 e. The fraction of sp³-hybridized carbons (Fsp3) is 0.444. The summed E-state index contributed by atoms with van der Waals surface area (Å²) in [5.41, 5.74) is -0.167. The van der Waals surface area contributed by atoms with Gasteiger partial charge in [-0.25, -0.2) is 4.39 Å². The topological polar surface area (TPSA) is 92.4 Å². The highest BCUT2D eigenvalue weighted by atomic mass is 32.2. The Morgan fingerprint density at radius 2 is 1.85 bits per heavy atom. The number of carbonyl (C=O) groups excluding carboxylic acids is 1. The summed E-state index contributed by atoms with van der Waals surface area (Å²) in [5, 5.41) is 16.3. The van der Waals surface area contributed by atoms with Crippen LogP contribution in [0.2, 0.25) is 0 Å². The van der Waals surface area contributed by atoms with Gasteiger partial charge in [0.1, 0.15) is 10.6 Å². The largest absolute Gasteiger partial charge is 0.392 e. The summed E-state index contributed by atoms with van der Waals surface area (Å²) in [7, 11) is -1.70. The molecule has 2 rings (SSSR count). The van der Waals surface area contributed by atoms with E-state index in [-0.39, 0.29) is 5.88 Å². The Labute approximate surface area is 154 Å². The van der Waals surface area contributed by atoms with Crippen molar-refractivity contribution < 1.29 is 23.0 Å². The van der Waals surface area contributed by atoms with Crippen molar-refractivity contribution in [2.45, 2.75) is 55.8 Å². The second-order valence-electron chi connectivity index (χ2n) is 7.16. The van der Waals surface area contributed by atoms with Gasteiger partial charge in [0, 0.05) is 16.4 Å².